The molecule has 0 saturated heterocycles. The monoisotopic (exact) mass is 375 g/mol. The second kappa shape index (κ2) is 7.59. The van der Waals surface area contributed by atoms with Crippen LogP contribution in [0.5, 0.6) is 0 Å². The van der Waals surface area contributed by atoms with Crippen LogP contribution in [0, 0.1) is 0 Å². The maximum absolute atomic E-state index is 11.3. The smallest absolute Gasteiger partial charge is 0.221 e. The van der Waals surface area contributed by atoms with Crippen LogP contribution in [-0.4, -0.2) is 25.7 Å². The molecule has 1 N–H and O–H groups in total. The molecule has 6 nitrogen and oxygen atoms in total. The molecule has 7 heteroatoms. The van der Waals surface area contributed by atoms with Crippen molar-refractivity contribution in [3.8, 4) is 5.69 Å². The molecule has 0 saturated carbocycles. The molecule has 134 valence electrons. The lowest BCUT2D eigenvalue weighted by atomic mass is 10.1. The number of nitrogens with zero attached hydrogens (tertiary/aromatic N) is 4. The average Bonchev–Trinajstić information content (AvgIpc) is 3.14. The van der Waals surface area contributed by atoms with E-state index in [1.807, 2.05) is 47.2 Å². The summed E-state index contributed by atoms with van der Waals surface area (Å²) in [6.07, 6.45) is 3.49. The molecule has 0 unspecified atom stereocenters. The third kappa shape index (κ3) is 3.83. The molecule has 2 heterocycles. The predicted molar refractivity (Wildman–Crippen MR) is 107 cm³/mol. The highest BCUT2D eigenvalue weighted by Gasteiger charge is 2.10. The molecule has 0 bridgehead atoms. The Hall–Kier alpha value is -3.19. The van der Waals surface area contributed by atoms with Crippen LogP contribution in [0.25, 0.3) is 16.6 Å². The van der Waals surface area contributed by atoms with Gasteiger partial charge in [-0.05, 0) is 29.8 Å². The Morgan fingerprint density at radius 1 is 1.15 bits per heavy atom. The van der Waals surface area contributed by atoms with Crippen LogP contribution in [0.15, 0.2) is 72.3 Å². The number of carbonyl (C=O) groups is 1. The van der Waals surface area contributed by atoms with Crippen molar-refractivity contribution in [2.24, 2.45) is 0 Å². The first-order chi connectivity index (χ1) is 13.2. The van der Waals surface area contributed by atoms with Gasteiger partial charge in [0.25, 0.3) is 0 Å². The number of para-hydroxylation sites is 1. The van der Waals surface area contributed by atoms with Gasteiger partial charge in [-0.3, -0.25) is 14.3 Å². The average molecular weight is 375 g/mol. The number of amides is 1. The first kappa shape index (κ1) is 17.2. The zero-order chi connectivity index (χ0) is 18.6. The summed E-state index contributed by atoms with van der Waals surface area (Å²) >= 11 is 1.60. The Morgan fingerprint density at radius 3 is 2.89 bits per heavy atom. The first-order valence-corrected chi connectivity index (χ1v) is 9.43. The second-order valence-corrected chi connectivity index (χ2v) is 6.94. The lowest BCUT2D eigenvalue weighted by Crippen LogP contribution is -2.06. The third-order valence-corrected chi connectivity index (χ3v) is 5.03. The second-order valence-electron chi connectivity index (χ2n) is 6.00. The molecule has 4 rings (SSSR count). The van der Waals surface area contributed by atoms with E-state index in [-0.39, 0.29) is 5.91 Å². The fourth-order valence-corrected chi connectivity index (χ4v) is 3.78. The van der Waals surface area contributed by atoms with Gasteiger partial charge in [0.05, 0.1) is 11.2 Å². The fourth-order valence-electron chi connectivity index (χ4n) is 2.86. The number of fused-ring (bicyclic) bond motifs is 1. The van der Waals surface area contributed by atoms with E-state index in [2.05, 4.69) is 38.7 Å². The summed E-state index contributed by atoms with van der Waals surface area (Å²) in [6.45, 7) is 1.49. The number of thioether (sulfide) groups is 1. The Kier molecular flexibility index (Phi) is 4.84. The van der Waals surface area contributed by atoms with E-state index in [1.165, 1.54) is 6.92 Å². The topological polar surface area (TPSA) is 72.7 Å². The molecule has 2 aromatic heterocycles. The zero-order valence-corrected chi connectivity index (χ0v) is 15.5. The van der Waals surface area contributed by atoms with Gasteiger partial charge in [0.2, 0.25) is 5.91 Å². The number of nitrogens with one attached hydrogen (secondary N) is 1. The molecule has 0 atom stereocenters. The summed E-state index contributed by atoms with van der Waals surface area (Å²) in [6, 6.07) is 17.8. The number of hydrogen-bond donors (Lipinski definition) is 1. The van der Waals surface area contributed by atoms with Gasteiger partial charge in [-0.2, -0.15) is 0 Å². The minimum absolute atomic E-state index is 0.103. The van der Waals surface area contributed by atoms with Crippen molar-refractivity contribution in [2.45, 2.75) is 17.8 Å². The molecule has 0 spiro atoms. The Labute approximate surface area is 160 Å². The third-order valence-electron chi connectivity index (χ3n) is 4.03. The normalized spacial score (nSPS) is 10.9. The molecular weight excluding hydrogens is 358 g/mol. The number of hydrogen-bond acceptors (Lipinski definition) is 5. The SMILES string of the molecule is CC(=O)Nc1cccc(-n2cnnc2SCc2cccc3cccnc23)c1. The summed E-state index contributed by atoms with van der Waals surface area (Å²) in [5.41, 5.74) is 3.79. The van der Waals surface area contributed by atoms with Crippen LogP contribution >= 0.6 is 11.8 Å². The van der Waals surface area contributed by atoms with Gasteiger partial charge < -0.3 is 5.32 Å². The van der Waals surface area contributed by atoms with Crippen LogP contribution < -0.4 is 5.32 Å². The maximum Gasteiger partial charge on any atom is 0.221 e. The summed E-state index contributed by atoms with van der Waals surface area (Å²) in [5, 5.41) is 13.0. The zero-order valence-electron chi connectivity index (χ0n) is 14.7. The lowest BCUT2D eigenvalue weighted by molar-refractivity contribution is -0.114. The largest absolute Gasteiger partial charge is 0.326 e. The molecule has 1 amide bonds. The summed E-state index contributed by atoms with van der Waals surface area (Å²) in [4.78, 5) is 15.8. The minimum Gasteiger partial charge on any atom is -0.326 e. The molecule has 0 fully saturated rings. The van der Waals surface area contributed by atoms with Crippen molar-refractivity contribution in [1.82, 2.24) is 19.7 Å². The molecule has 4 aromatic rings. The maximum atomic E-state index is 11.3. The standard InChI is InChI=1S/C20H17N5OS/c1-14(26)23-17-8-3-9-18(11-17)25-13-22-24-20(25)27-12-16-6-2-5-15-7-4-10-21-19(15)16/h2-11,13H,12H2,1H3,(H,23,26). The highest BCUT2D eigenvalue weighted by atomic mass is 32.2. The number of aromatic nitrogens is 4. The molecule has 0 aliphatic heterocycles. The van der Waals surface area contributed by atoms with Crippen molar-refractivity contribution in [3.63, 3.8) is 0 Å². The van der Waals surface area contributed by atoms with Crippen LogP contribution in [0.2, 0.25) is 0 Å². The number of rotatable bonds is 5. The molecule has 0 radical (unpaired) electrons. The van der Waals surface area contributed by atoms with Gasteiger partial charge in [0.1, 0.15) is 6.33 Å². The highest BCUT2D eigenvalue weighted by Crippen LogP contribution is 2.27. The lowest BCUT2D eigenvalue weighted by Gasteiger charge is -2.09. The van der Waals surface area contributed by atoms with Gasteiger partial charge in [0, 0.05) is 29.9 Å². The molecule has 2 aromatic carbocycles. The molecular formula is C20H17N5OS. The van der Waals surface area contributed by atoms with Crippen LogP contribution in [0.1, 0.15) is 12.5 Å². The minimum atomic E-state index is -0.103. The summed E-state index contributed by atoms with van der Waals surface area (Å²) in [7, 11) is 0. The van der Waals surface area contributed by atoms with E-state index in [4.69, 9.17) is 0 Å². The number of benzene rings is 2. The molecule has 0 aliphatic rings. The Morgan fingerprint density at radius 2 is 2.00 bits per heavy atom. The molecule has 0 aliphatic carbocycles. The van der Waals surface area contributed by atoms with Crippen LogP contribution in [0.3, 0.4) is 0 Å². The van der Waals surface area contributed by atoms with E-state index < -0.39 is 0 Å². The number of carbonyl (C=O) groups excluding carboxylic acids is 1. The number of anilines is 1. The van der Waals surface area contributed by atoms with Crippen LogP contribution in [-0.2, 0) is 10.5 Å². The van der Waals surface area contributed by atoms with Crippen molar-refractivity contribution >= 4 is 34.3 Å². The van der Waals surface area contributed by atoms with Crippen molar-refractivity contribution in [1.29, 1.82) is 0 Å². The summed E-state index contributed by atoms with van der Waals surface area (Å²) in [5.74, 6) is 0.632. The summed E-state index contributed by atoms with van der Waals surface area (Å²) < 4.78 is 1.91. The van der Waals surface area contributed by atoms with E-state index in [1.54, 1.807) is 18.1 Å². The van der Waals surface area contributed by atoms with Gasteiger partial charge >= 0.3 is 0 Å². The fraction of sp³-hybridized carbons (Fsp3) is 0.100. The van der Waals surface area contributed by atoms with E-state index >= 15 is 0 Å². The van der Waals surface area contributed by atoms with Gasteiger partial charge in [0.15, 0.2) is 5.16 Å². The van der Waals surface area contributed by atoms with Gasteiger partial charge in [-0.25, -0.2) is 0 Å². The number of pyridine rings is 1. The molecule has 27 heavy (non-hydrogen) atoms. The highest BCUT2D eigenvalue weighted by molar-refractivity contribution is 7.98. The predicted octanol–water partition coefficient (Wildman–Crippen LogP) is 4.07. The Balaban J connectivity index is 1.58. The van der Waals surface area contributed by atoms with Crippen LogP contribution in [0.4, 0.5) is 5.69 Å². The van der Waals surface area contributed by atoms with Crippen molar-refractivity contribution in [2.75, 3.05) is 5.32 Å². The Bertz CT molecular complexity index is 1100. The van der Waals surface area contributed by atoms with Crippen molar-refractivity contribution < 1.29 is 4.79 Å². The van der Waals surface area contributed by atoms with Gasteiger partial charge in [-0.1, -0.05) is 42.1 Å². The van der Waals surface area contributed by atoms with E-state index in [0.29, 0.717) is 0 Å². The van der Waals surface area contributed by atoms with Gasteiger partial charge in [-0.15, -0.1) is 10.2 Å². The van der Waals surface area contributed by atoms with Crippen molar-refractivity contribution in [3.05, 3.63) is 72.7 Å². The van der Waals surface area contributed by atoms with E-state index in [0.717, 1.165) is 38.8 Å². The van der Waals surface area contributed by atoms with E-state index in [9.17, 15) is 4.79 Å². The quantitative estimate of drug-likeness (QED) is 0.533. The first-order valence-electron chi connectivity index (χ1n) is 8.44.